The molecule has 0 unspecified atom stereocenters. The van der Waals surface area contributed by atoms with E-state index in [4.69, 9.17) is 43.0 Å². The number of guanidine groups is 1. The molecule has 16 nitrogen and oxygen atoms in total. The quantitative estimate of drug-likeness (QED) is 0.0776. The minimum atomic E-state index is -0.683. The van der Waals surface area contributed by atoms with Crippen LogP contribution in [0.25, 0.3) is 0 Å². The number of anilines is 2. The van der Waals surface area contributed by atoms with Gasteiger partial charge in [-0.05, 0) is 49.8 Å². The Labute approximate surface area is 260 Å². The Bertz CT molecular complexity index is 1230. The fourth-order valence-electron chi connectivity index (χ4n) is 3.48. The number of nitrogens with one attached hydrogen (secondary N) is 3. The predicted molar refractivity (Wildman–Crippen MR) is 165 cm³/mol. The number of carbonyl (C=O) groups excluding carboxylic acids is 3. The van der Waals surface area contributed by atoms with E-state index in [-0.39, 0.29) is 41.7 Å². The highest BCUT2D eigenvalue weighted by molar-refractivity contribution is 6.31. The van der Waals surface area contributed by atoms with E-state index in [1.165, 1.54) is 7.11 Å². The predicted octanol–water partition coefficient (Wildman–Crippen LogP) is 1.62. The Balaban J connectivity index is 1.49. The number of unbranched alkanes of at least 4 members (excludes halogenated alkanes) is 2. The molecule has 1 aromatic carbocycles. The molecule has 44 heavy (non-hydrogen) atoms. The van der Waals surface area contributed by atoms with E-state index in [1.54, 1.807) is 0 Å². The van der Waals surface area contributed by atoms with Gasteiger partial charge >= 0.3 is 12.2 Å². The van der Waals surface area contributed by atoms with Crippen molar-refractivity contribution >= 4 is 47.3 Å². The number of carbonyl (C=O) groups is 3. The van der Waals surface area contributed by atoms with Crippen molar-refractivity contribution in [2.45, 2.75) is 32.1 Å². The molecule has 0 radical (unpaired) electrons. The summed E-state index contributed by atoms with van der Waals surface area (Å²) in [5.74, 6) is -0.270. The average Bonchev–Trinajstić information content (AvgIpc) is 3.00. The number of nitrogen functional groups attached to an aromatic ring is 2. The number of hydrogen-bond acceptors (Lipinski definition) is 12. The molecule has 0 bridgehead atoms. The molecule has 1 aromatic heterocycles. The lowest BCUT2D eigenvalue weighted by Crippen LogP contribution is -2.38. The smallest absolute Gasteiger partial charge is 0.407 e. The molecule has 0 aliphatic rings. The van der Waals surface area contributed by atoms with Gasteiger partial charge in [0.05, 0.1) is 20.3 Å². The molecule has 0 fully saturated rings. The molecule has 0 atom stereocenters. The summed E-state index contributed by atoms with van der Waals surface area (Å²) in [6.07, 6.45) is 2.85. The molecule has 3 amide bonds. The Morgan fingerprint density at radius 1 is 0.886 bits per heavy atom. The van der Waals surface area contributed by atoms with Crippen LogP contribution in [0.5, 0.6) is 5.75 Å². The number of hydrogen-bond donors (Lipinski definition) is 6. The van der Waals surface area contributed by atoms with Crippen LogP contribution in [0.15, 0.2) is 29.3 Å². The highest BCUT2D eigenvalue weighted by Gasteiger charge is 2.16. The summed E-state index contributed by atoms with van der Waals surface area (Å²) in [4.78, 5) is 46.5. The van der Waals surface area contributed by atoms with Crippen LogP contribution in [0.2, 0.25) is 5.15 Å². The number of methoxy groups -OCH3 is 1. The van der Waals surface area contributed by atoms with E-state index in [1.807, 2.05) is 24.3 Å². The summed E-state index contributed by atoms with van der Waals surface area (Å²) in [6.45, 7) is 2.41. The van der Waals surface area contributed by atoms with Gasteiger partial charge in [0.2, 0.25) is 0 Å². The fraction of sp³-hybridized carbons (Fsp3) is 0.481. The van der Waals surface area contributed by atoms with Gasteiger partial charge in [0.15, 0.2) is 28.4 Å². The number of aliphatic imine (C=N–C) groups is 1. The number of ether oxygens (including phenoxy) is 4. The zero-order valence-corrected chi connectivity index (χ0v) is 25.4. The first-order valence-corrected chi connectivity index (χ1v) is 14.3. The van der Waals surface area contributed by atoms with Gasteiger partial charge in [-0.1, -0.05) is 23.7 Å². The fourth-order valence-corrected chi connectivity index (χ4v) is 3.61. The van der Waals surface area contributed by atoms with Gasteiger partial charge in [0.25, 0.3) is 5.91 Å². The molecule has 0 saturated heterocycles. The lowest BCUT2D eigenvalue weighted by Gasteiger charge is -2.09. The minimum absolute atomic E-state index is 0.0671. The van der Waals surface area contributed by atoms with Crippen molar-refractivity contribution in [2.75, 3.05) is 64.6 Å². The van der Waals surface area contributed by atoms with Crippen LogP contribution in [0.1, 0.15) is 41.7 Å². The summed E-state index contributed by atoms with van der Waals surface area (Å²) >= 11 is 5.79. The summed E-state index contributed by atoms with van der Waals surface area (Å²) in [7, 11) is 1.30. The maximum Gasteiger partial charge on any atom is 0.407 e. The average molecular weight is 638 g/mol. The van der Waals surface area contributed by atoms with Crippen molar-refractivity contribution in [3.05, 3.63) is 40.7 Å². The molecule has 0 aliphatic carbocycles. The minimum Gasteiger partial charge on any atom is -0.491 e. The number of aromatic nitrogens is 2. The number of amides is 3. The third-order valence-electron chi connectivity index (χ3n) is 5.73. The molecule has 1 heterocycles. The zero-order chi connectivity index (χ0) is 32.2. The van der Waals surface area contributed by atoms with Crippen LogP contribution >= 0.6 is 11.6 Å². The Morgan fingerprint density at radius 2 is 1.57 bits per heavy atom. The van der Waals surface area contributed by atoms with Crippen molar-refractivity contribution in [3.63, 3.8) is 0 Å². The second kappa shape index (κ2) is 20.4. The maximum absolute atomic E-state index is 12.3. The van der Waals surface area contributed by atoms with Gasteiger partial charge in [-0.25, -0.2) is 19.6 Å². The van der Waals surface area contributed by atoms with E-state index in [0.29, 0.717) is 45.7 Å². The normalized spacial score (nSPS) is 11.0. The monoisotopic (exact) mass is 637 g/mol. The molecule has 0 spiro atoms. The number of alkyl carbamates (subject to hydrolysis) is 2. The zero-order valence-electron chi connectivity index (χ0n) is 24.6. The van der Waals surface area contributed by atoms with Crippen molar-refractivity contribution < 1.29 is 33.3 Å². The molecule has 0 saturated carbocycles. The van der Waals surface area contributed by atoms with Gasteiger partial charge in [-0.2, -0.15) is 0 Å². The van der Waals surface area contributed by atoms with E-state index < -0.39 is 18.1 Å². The topological polar surface area (TPSA) is 240 Å². The van der Waals surface area contributed by atoms with Crippen LogP contribution in [0, 0.1) is 0 Å². The first kappa shape index (κ1) is 35.6. The van der Waals surface area contributed by atoms with E-state index >= 15 is 0 Å². The largest absolute Gasteiger partial charge is 0.491 e. The van der Waals surface area contributed by atoms with Gasteiger partial charge in [0, 0.05) is 19.6 Å². The van der Waals surface area contributed by atoms with Crippen LogP contribution in [-0.2, 0) is 20.6 Å². The van der Waals surface area contributed by atoms with Crippen molar-refractivity contribution in [1.29, 1.82) is 0 Å². The van der Waals surface area contributed by atoms with Crippen molar-refractivity contribution in [1.82, 2.24) is 25.9 Å². The number of nitrogens with zero attached hydrogens (tertiary/aromatic N) is 3. The Kier molecular flexibility index (Phi) is 16.5. The van der Waals surface area contributed by atoms with Gasteiger partial charge in [-0.15, -0.1) is 0 Å². The first-order chi connectivity index (χ1) is 21.2. The third kappa shape index (κ3) is 14.6. The second-order valence-corrected chi connectivity index (χ2v) is 9.46. The lowest BCUT2D eigenvalue weighted by atomic mass is 10.1. The van der Waals surface area contributed by atoms with Crippen molar-refractivity contribution in [3.8, 4) is 5.75 Å². The molecule has 17 heteroatoms. The van der Waals surface area contributed by atoms with Gasteiger partial charge in [0.1, 0.15) is 19.0 Å². The van der Waals surface area contributed by atoms with E-state index in [0.717, 1.165) is 30.6 Å². The van der Waals surface area contributed by atoms with E-state index in [9.17, 15) is 14.4 Å². The van der Waals surface area contributed by atoms with Gasteiger partial charge in [-0.3, -0.25) is 15.1 Å². The molecule has 9 N–H and O–H groups in total. The molecule has 242 valence electrons. The van der Waals surface area contributed by atoms with Crippen LogP contribution < -0.4 is 37.9 Å². The Hall–Kier alpha value is -4.57. The molecule has 2 rings (SSSR count). The number of nitrogens with two attached hydrogens (primary N) is 3. The van der Waals surface area contributed by atoms with Crippen LogP contribution in [0.3, 0.4) is 0 Å². The van der Waals surface area contributed by atoms with Gasteiger partial charge < -0.3 is 46.8 Å². The summed E-state index contributed by atoms with van der Waals surface area (Å²) < 4.78 is 20.6. The molecule has 0 aliphatic heterocycles. The van der Waals surface area contributed by atoms with Crippen LogP contribution in [-0.4, -0.2) is 87.2 Å². The van der Waals surface area contributed by atoms with Crippen LogP contribution in [0.4, 0.5) is 21.2 Å². The standard InChI is InChI=1S/C27H40ClN9O7/c1-41-26(39)33-12-4-5-13-34-27(40)44-17-15-42-14-16-43-19-9-7-18(8-10-19)6-2-3-11-32-25(31)37-24(38)20-22(29)36-23(30)21(28)35-20/h7-10H,2-6,11-17H2,1H3,(H,33,39)(H,34,40)(H4,29,30,36)(H3,31,32,37,38). The highest BCUT2D eigenvalue weighted by atomic mass is 35.5. The maximum atomic E-state index is 12.3. The third-order valence-corrected chi connectivity index (χ3v) is 6.00. The SMILES string of the molecule is COC(=O)NCCCCNC(=O)OCCOCCOc1ccc(CCCCN=C(N)NC(=O)c2nc(Cl)c(N)nc2N)cc1. The van der Waals surface area contributed by atoms with Crippen molar-refractivity contribution in [2.24, 2.45) is 10.7 Å². The Morgan fingerprint density at radius 3 is 2.27 bits per heavy atom. The second-order valence-electron chi connectivity index (χ2n) is 9.10. The first-order valence-electron chi connectivity index (χ1n) is 13.9. The number of rotatable bonds is 18. The lowest BCUT2D eigenvalue weighted by molar-refractivity contribution is 0.0578. The molecular formula is C27H40ClN9O7. The number of halogens is 1. The summed E-state index contributed by atoms with van der Waals surface area (Å²) in [6, 6.07) is 7.74. The summed E-state index contributed by atoms with van der Waals surface area (Å²) in [5, 5.41) is 7.45. The van der Waals surface area contributed by atoms with E-state index in [2.05, 4.69) is 35.6 Å². The number of aryl methyl sites for hydroxylation is 1. The highest BCUT2D eigenvalue weighted by Crippen LogP contribution is 2.17. The number of benzene rings is 1. The summed E-state index contributed by atoms with van der Waals surface area (Å²) in [5.41, 5.74) is 17.9. The molecular weight excluding hydrogens is 598 g/mol. The molecule has 2 aromatic rings.